The molecule has 2 rings (SSSR count). The van der Waals surface area contributed by atoms with Gasteiger partial charge in [-0.05, 0) is 46.2 Å². The molecular weight excluding hydrogens is 224 g/mol. The molecule has 2 N–H and O–H groups in total. The van der Waals surface area contributed by atoms with Gasteiger partial charge in [-0.2, -0.15) is 0 Å². The second kappa shape index (κ2) is 6.90. The van der Waals surface area contributed by atoms with Gasteiger partial charge in [0.15, 0.2) is 0 Å². The fourth-order valence-corrected chi connectivity index (χ4v) is 2.67. The molecule has 1 fully saturated rings. The zero-order valence-electron chi connectivity index (χ0n) is 11.7. The minimum atomic E-state index is 0.689. The molecule has 1 aromatic rings. The number of aromatic amines is 1. The lowest BCUT2D eigenvalue weighted by atomic mass is 10.1. The standard InChI is InChI=1S/C14H26N4/c1-12(2)18-8-3-4-13(6-9-18)16-7-5-14-10-15-11-17-14/h10-13,16H,3-9H2,1-2H3,(H,15,17). The second-order valence-corrected chi connectivity index (χ2v) is 5.54. The van der Waals surface area contributed by atoms with E-state index in [-0.39, 0.29) is 0 Å². The van der Waals surface area contributed by atoms with E-state index in [0.29, 0.717) is 12.1 Å². The summed E-state index contributed by atoms with van der Waals surface area (Å²) in [6.45, 7) is 8.14. The second-order valence-electron chi connectivity index (χ2n) is 5.54. The molecule has 0 spiro atoms. The molecule has 0 aliphatic carbocycles. The molecular formula is C14H26N4. The van der Waals surface area contributed by atoms with Gasteiger partial charge in [-0.15, -0.1) is 0 Å². The number of H-pyrrole nitrogens is 1. The van der Waals surface area contributed by atoms with Gasteiger partial charge in [0.1, 0.15) is 0 Å². The van der Waals surface area contributed by atoms with Crippen molar-refractivity contribution in [3.8, 4) is 0 Å². The molecule has 0 amide bonds. The van der Waals surface area contributed by atoms with Crippen molar-refractivity contribution in [2.75, 3.05) is 19.6 Å². The van der Waals surface area contributed by atoms with Crippen molar-refractivity contribution in [2.24, 2.45) is 0 Å². The average Bonchev–Trinajstić information content (AvgIpc) is 2.73. The number of likely N-dealkylation sites (tertiary alicyclic amines) is 1. The minimum absolute atomic E-state index is 0.689. The predicted octanol–water partition coefficient (Wildman–Crippen LogP) is 1.80. The number of rotatable bonds is 5. The molecule has 102 valence electrons. The van der Waals surface area contributed by atoms with Crippen LogP contribution >= 0.6 is 0 Å². The Morgan fingerprint density at radius 3 is 3.06 bits per heavy atom. The van der Waals surface area contributed by atoms with Crippen LogP contribution in [0, 0.1) is 0 Å². The Hall–Kier alpha value is -0.870. The molecule has 1 aliphatic heterocycles. The van der Waals surface area contributed by atoms with Crippen molar-refractivity contribution in [3.05, 3.63) is 18.2 Å². The molecule has 4 heteroatoms. The quantitative estimate of drug-likeness (QED) is 0.837. The maximum absolute atomic E-state index is 4.04. The lowest BCUT2D eigenvalue weighted by Crippen LogP contribution is -2.34. The molecule has 1 unspecified atom stereocenters. The first-order valence-electron chi connectivity index (χ1n) is 7.20. The van der Waals surface area contributed by atoms with Crippen LogP contribution in [0.4, 0.5) is 0 Å². The summed E-state index contributed by atoms with van der Waals surface area (Å²) in [5, 5.41) is 3.68. The predicted molar refractivity (Wildman–Crippen MR) is 74.6 cm³/mol. The van der Waals surface area contributed by atoms with Crippen molar-refractivity contribution in [1.29, 1.82) is 0 Å². The summed E-state index contributed by atoms with van der Waals surface area (Å²) in [5.41, 5.74) is 1.22. The van der Waals surface area contributed by atoms with Crippen LogP contribution in [-0.4, -0.2) is 46.6 Å². The van der Waals surface area contributed by atoms with Gasteiger partial charge in [0, 0.05) is 36.9 Å². The topological polar surface area (TPSA) is 44.0 Å². The zero-order valence-corrected chi connectivity index (χ0v) is 11.7. The monoisotopic (exact) mass is 250 g/mol. The van der Waals surface area contributed by atoms with E-state index >= 15 is 0 Å². The van der Waals surface area contributed by atoms with Gasteiger partial charge in [0.05, 0.1) is 6.33 Å². The first kappa shape index (κ1) is 13.6. The van der Waals surface area contributed by atoms with Gasteiger partial charge >= 0.3 is 0 Å². The van der Waals surface area contributed by atoms with Crippen LogP contribution in [-0.2, 0) is 6.42 Å². The summed E-state index contributed by atoms with van der Waals surface area (Å²) < 4.78 is 0. The Balaban J connectivity index is 1.67. The summed E-state index contributed by atoms with van der Waals surface area (Å²) >= 11 is 0. The number of hydrogen-bond acceptors (Lipinski definition) is 3. The van der Waals surface area contributed by atoms with Crippen LogP contribution in [0.5, 0.6) is 0 Å². The van der Waals surface area contributed by atoms with E-state index in [1.54, 1.807) is 6.33 Å². The van der Waals surface area contributed by atoms with Gasteiger partial charge in [0.2, 0.25) is 0 Å². The van der Waals surface area contributed by atoms with Crippen molar-refractivity contribution < 1.29 is 0 Å². The number of imidazole rings is 1. The highest BCUT2D eigenvalue weighted by Gasteiger charge is 2.17. The molecule has 0 bridgehead atoms. The molecule has 1 atom stereocenters. The summed E-state index contributed by atoms with van der Waals surface area (Å²) in [7, 11) is 0. The molecule has 18 heavy (non-hydrogen) atoms. The van der Waals surface area contributed by atoms with Crippen LogP contribution in [0.25, 0.3) is 0 Å². The smallest absolute Gasteiger partial charge is 0.0921 e. The Labute approximate surface area is 110 Å². The molecule has 0 saturated carbocycles. The highest BCUT2D eigenvalue weighted by Crippen LogP contribution is 2.13. The first-order chi connectivity index (χ1) is 8.75. The first-order valence-corrected chi connectivity index (χ1v) is 7.20. The van der Waals surface area contributed by atoms with Gasteiger partial charge < -0.3 is 15.2 Å². The Bertz CT molecular complexity index is 321. The molecule has 2 heterocycles. The highest BCUT2D eigenvalue weighted by atomic mass is 15.1. The van der Waals surface area contributed by atoms with E-state index < -0.39 is 0 Å². The molecule has 0 aromatic carbocycles. The fraction of sp³-hybridized carbons (Fsp3) is 0.786. The van der Waals surface area contributed by atoms with Crippen LogP contribution in [0.1, 0.15) is 38.8 Å². The van der Waals surface area contributed by atoms with Crippen LogP contribution < -0.4 is 5.32 Å². The maximum atomic E-state index is 4.04. The average molecular weight is 250 g/mol. The van der Waals surface area contributed by atoms with Gasteiger partial charge in [-0.3, -0.25) is 0 Å². The van der Waals surface area contributed by atoms with Crippen molar-refractivity contribution >= 4 is 0 Å². The largest absolute Gasteiger partial charge is 0.348 e. The van der Waals surface area contributed by atoms with E-state index in [0.717, 1.165) is 13.0 Å². The SMILES string of the molecule is CC(C)N1CCCC(NCCc2cnc[nH]2)CC1. The van der Waals surface area contributed by atoms with Gasteiger partial charge in [-0.1, -0.05) is 0 Å². The number of aromatic nitrogens is 2. The number of hydrogen-bond donors (Lipinski definition) is 2. The Morgan fingerprint density at radius 1 is 1.44 bits per heavy atom. The molecule has 4 nitrogen and oxygen atoms in total. The normalized spacial score (nSPS) is 22.3. The Morgan fingerprint density at radius 2 is 2.33 bits per heavy atom. The van der Waals surface area contributed by atoms with E-state index in [4.69, 9.17) is 0 Å². The maximum Gasteiger partial charge on any atom is 0.0921 e. The molecule has 1 saturated heterocycles. The van der Waals surface area contributed by atoms with E-state index in [9.17, 15) is 0 Å². The lowest BCUT2D eigenvalue weighted by Gasteiger charge is -2.24. The molecule has 1 aliphatic rings. The minimum Gasteiger partial charge on any atom is -0.348 e. The Kier molecular flexibility index (Phi) is 5.20. The number of nitrogens with zero attached hydrogens (tertiary/aromatic N) is 2. The third-order valence-electron chi connectivity index (χ3n) is 3.88. The van der Waals surface area contributed by atoms with E-state index in [1.165, 1.54) is 38.0 Å². The zero-order chi connectivity index (χ0) is 12.8. The van der Waals surface area contributed by atoms with E-state index in [1.807, 2.05) is 6.20 Å². The summed E-state index contributed by atoms with van der Waals surface area (Å²) in [6, 6.07) is 1.38. The lowest BCUT2D eigenvalue weighted by molar-refractivity contribution is 0.229. The summed E-state index contributed by atoms with van der Waals surface area (Å²) in [4.78, 5) is 9.79. The van der Waals surface area contributed by atoms with Crippen LogP contribution in [0.3, 0.4) is 0 Å². The van der Waals surface area contributed by atoms with Gasteiger partial charge in [0.25, 0.3) is 0 Å². The fourth-order valence-electron chi connectivity index (χ4n) is 2.67. The van der Waals surface area contributed by atoms with Gasteiger partial charge in [-0.25, -0.2) is 4.98 Å². The third-order valence-corrected chi connectivity index (χ3v) is 3.88. The summed E-state index contributed by atoms with van der Waals surface area (Å²) in [6.07, 6.45) is 8.62. The van der Waals surface area contributed by atoms with E-state index in [2.05, 4.69) is 34.0 Å². The summed E-state index contributed by atoms with van der Waals surface area (Å²) in [5.74, 6) is 0. The van der Waals surface area contributed by atoms with Crippen molar-refractivity contribution in [3.63, 3.8) is 0 Å². The number of nitrogens with one attached hydrogen (secondary N) is 2. The molecule has 1 aromatic heterocycles. The van der Waals surface area contributed by atoms with Crippen LogP contribution in [0.15, 0.2) is 12.5 Å². The van der Waals surface area contributed by atoms with Crippen LogP contribution in [0.2, 0.25) is 0 Å². The van der Waals surface area contributed by atoms with Crippen molar-refractivity contribution in [2.45, 2.75) is 51.6 Å². The highest BCUT2D eigenvalue weighted by molar-refractivity contribution is 4.94. The third kappa shape index (κ3) is 4.10. The molecule has 0 radical (unpaired) electrons. The van der Waals surface area contributed by atoms with Crippen molar-refractivity contribution in [1.82, 2.24) is 20.2 Å².